The molecule has 0 atom stereocenters. The van der Waals surface area contributed by atoms with E-state index in [0.29, 0.717) is 18.8 Å². The van der Waals surface area contributed by atoms with Crippen molar-refractivity contribution < 1.29 is 17.9 Å². The van der Waals surface area contributed by atoms with E-state index in [4.69, 9.17) is 16.3 Å². The average Bonchev–Trinajstić information content (AvgIpc) is 2.62. The van der Waals surface area contributed by atoms with E-state index < -0.39 is 15.9 Å². The molecule has 0 radical (unpaired) electrons. The van der Waals surface area contributed by atoms with Gasteiger partial charge in [0.2, 0.25) is 0 Å². The van der Waals surface area contributed by atoms with Crippen molar-refractivity contribution in [1.29, 1.82) is 0 Å². The summed E-state index contributed by atoms with van der Waals surface area (Å²) in [6.45, 7) is 0.694. The molecule has 6 nitrogen and oxygen atoms in total. The third-order valence-corrected chi connectivity index (χ3v) is 5.68. The Kier molecular flexibility index (Phi) is 6.41. The molecule has 0 aliphatic heterocycles. The van der Waals surface area contributed by atoms with Crippen LogP contribution in [0, 0.1) is 0 Å². The molecular weight excluding hydrogens is 364 g/mol. The van der Waals surface area contributed by atoms with Gasteiger partial charge in [0.1, 0.15) is 0 Å². The number of methoxy groups -OCH3 is 1. The van der Waals surface area contributed by atoms with E-state index >= 15 is 0 Å². The van der Waals surface area contributed by atoms with Crippen molar-refractivity contribution in [3.05, 3.63) is 59.1 Å². The van der Waals surface area contributed by atoms with E-state index in [2.05, 4.69) is 5.32 Å². The summed E-state index contributed by atoms with van der Waals surface area (Å²) >= 11 is 6.08. The summed E-state index contributed by atoms with van der Waals surface area (Å²) in [5.41, 5.74) is 0.538. The maximum atomic E-state index is 12.7. The third kappa shape index (κ3) is 4.50. The number of hydrogen-bond acceptors (Lipinski definition) is 4. The van der Waals surface area contributed by atoms with Crippen LogP contribution in [0.5, 0.6) is 0 Å². The summed E-state index contributed by atoms with van der Waals surface area (Å²) in [5, 5.41) is 2.90. The first-order chi connectivity index (χ1) is 11.9. The van der Waals surface area contributed by atoms with Crippen molar-refractivity contribution in [2.75, 3.05) is 31.6 Å². The summed E-state index contributed by atoms with van der Waals surface area (Å²) in [6.07, 6.45) is 0. The van der Waals surface area contributed by atoms with Crippen molar-refractivity contribution >= 4 is 33.2 Å². The molecule has 8 heteroatoms. The largest absolute Gasteiger partial charge is 0.383 e. The topological polar surface area (TPSA) is 75.7 Å². The normalized spacial score (nSPS) is 11.2. The highest BCUT2D eigenvalue weighted by molar-refractivity contribution is 7.92. The molecule has 0 aromatic heterocycles. The Morgan fingerprint density at radius 1 is 1.20 bits per heavy atom. The number of carbonyl (C=O) groups is 1. The second kappa shape index (κ2) is 8.33. The van der Waals surface area contributed by atoms with Crippen LogP contribution in [-0.2, 0) is 14.8 Å². The zero-order chi connectivity index (χ0) is 18.4. The van der Waals surface area contributed by atoms with Crippen LogP contribution in [0.3, 0.4) is 0 Å². The maximum Gasteiger partial charge on any atom is 0.264 e. The highest BCUT2D eigenvalue weighted by atomic mass is 35.5. The SMILES string of the molecule is COCCNC(=O)c1cc(N(C)S(=O)(=O)c2ccccc2)ccc1Cl. The number of benzene rings is 2. The molecule has 0 unspecified atom stereocenters. The minimum atomic E-state index is -3.73. The quantitative estimate of drug-likeness (QED) is 0.746. The zero-order valence-corrected chi connectivity index (χ0v) is 15.5. The number of sulfonamides is 1. The summed E-state index contributed by atoms with van der Waals surface area (Å²) in [5.74, 6) is -0.394. The van der Waals surface area contributed by atoms with Gasteiger partial charge in [-0.25, -0.2) is 8.42 Å². The van der Waals surface area contributed by atoms with E-state index in [-0.39, 0.29) is 15.5 Å². The molecule has 1 N–H and O–H groups in total. The average molecular weight is 383 g/mol. The molecule has 0 aliphatic carbocycles. The zero-order valence-electron chi connectivity index (χ0n) is 13.9. The Balaban J connectivity index is 2.31. The van der Waals surface area contributed by atoms with Crippen LogP contribution in [0.2, 0.25) is 5.02 Å². The molecule has 134 valence electrons. The maximum absolute atomic E-state index is 12.7. The Bertz CT molecular complexity index is 841. The summed E-state index contributed by atoms with van der Waals surface area (Å²) in [4.78, 5) is 12.4. The highest BCUT2D eigenvalue weighted by Crippen LogP contribution is 2.26. The number of amides is 1. The number of rotatable bonds is 7. The van der Waals surface area contributed by atoms with Gasteiger partial charge in [-0.2, -0.15) is 0 Å². The van der Waals surface area contributed by atoms with Gasteiger partial charge in [-0.15, -0.1) is 0 Å². The molecule has 0 saturated carbocycles. The molecule has 0 saturated heterocycles. The van der Waals surface area contributed by atoms with Crippen molar-refractivity contribution in [2.45, 2.75) is 4.90 Å². The van der Waals surface area contributed by atoms with Crippen LogP contribution < -0.4 is 9.62 Å². The van der Waals surface area contributed by atoms with Gasteiger partial charge >= 0.3 is 0 Å². The molecule has 0 spiro atoms. The Morgan fingerprint density at radius 3 is 2.52 bits per heavy atom. The molecule has 2 aromatic rings. The predicted octanol–water partition coefficient (Wildman–Crippen LogP) is 2.54. The standard InChI is InChI=1S/C17H19ClN2O4S/c1-20(25(22,23)14-6-4-3-5-7-14)13-8-9-16(18)15(12-13)17(21)19-10-11-24-2/h3-9,12H,10-11H2,1-2H3,(H,19,21). The first kappa shape index (κ1) is 19.2. The highest BCUT2D eigenvalue weighted by Gasteiger charge is 2.22. The van der Waals surface area contributed by atoms with Gasteiger partial charge in [0, 0.05) is 20.7 Å². The minimum Gasteiger partial charge on any atom is -0.383 e. The fourth-order valence-electron chi connectivity index (χ4n) is 2.13. The lowest BCUT2D eigenvalue weighted by Gasteiger charge is -2.20. The van der Waals surface area contributed by atoms with Crippen molar-refractivity contribution in [3.8, 4) is 0 Å². The van der Waals surface area contributed by atoms with Gasteiger partial charge in [0.25, 0.3) is 15.9 Å². The molecular formula is C17H19ClN2O4S. The summed E-state index contributed by atoms with van der Waals surface area (Å²) in [7, 11) is -0.770. The van der Waals surface area contributed by atoms with Crippen LogP contribution in [0.4, 0.5) is 5.69 Å². The van der Waals surface area contributed by atoms with E-state index in [1.807, 2.05) is 0 Å². The van der Waals surface area contributed by atoms with Gasteiger partial charge in [0.15, 0.2) is 0 Å². The van der Waals surface area contributed by atoms with Crippen molar-refractivity contribution in [2.24, 2.45) is 0 Å². The van der Waals surface area contributed by atoms with Crippen LogP contribution in [0.25, 0.3) is 0 Å². The number of hydrogen-bond donors (Lipinski definition) is 1. The molecule has 0 bridgehead atoms. The van der Waals surface area contributed by atoms with Gasteiger partial charge in [-0.1, -0.05) is 29.8 Å². The number of nitrogens with zero attached hydrogens (tertiary/aromatic N) is 1. The number of anilines is 1. The Hall–Kier alpha value is -2.09. The number of halogens is 1. The van der Waals surface area contributed by atoms with E-state index in [0.717, 1.165) is 4.31 Å². The molecule has 0 heterocycles. The lowest BCUT2D eigenvalue weighted by molar-refractivity contribution is 0.0937. The molecule has 25 heavy (non-hydrogen) atoms. The second-order valence-electron chi connectivity index (χ2n) is 5.20. The van der Waals surface area contributed by atoms with Gasteiger partial charge < -0.3 is 10.1 Å². The summed E-state index contributed by atoms with van der Waals surface area (Å²) < 4.78 is 31.4. The fraction of sp³-hybridized carbons (Fsp3) is 0.235. The molecule has 2 aromatic carbocycles. The van der Waals surface area contributed by atoms with E-state index in [1.165, 1.54) is 38.4 Å². The molecule has 1 amide bonds. The monoisotopic (exact) mass is 382 g/mol. The smallest absolute Gasteiger partial charge is 0.264 e. The third-order valence-electron chi connectivity index (χ3n) is 3.55. The van der Waals surface area contributed by atoms with E-state index in [1.54, 1.807) is 24.3 Å². The van der Waals surface area contributed by atoms with Crippen LogP contribution in [0.1, 0.15) is 10.4 Å². The van der Waals surface area contributed by atoms with Crippen LogP contribution in [0.15, 0.2) is 53.4 Å². The fourth-order valence-corrected chi connectivity index (χ4v) is 3.55. The van der Waals surface area contributed by atoms with Gasteiger partial charge in [-0.05, 0) is 30.3 Å². The van der Waals surface area contributed by atoms with Crippen LogP contribution in [-0.4, -0.2) is 41.6 Å². The number of nitrogens with one attached hydrogen (secondary N) is 1. The van der Waals surface area contributed by atoms with Gasteiger partial charge in [0.05, 0.1) is 27.8 Å². The minimum absolute atomic E-state index is 0.165. The lowest BCUT2D eigenvalue weighted by atomic mass is 10.2. The first-order valence-corrected chi connectivity index (χ1v) is 9.30. The lowest BCUT2D eigenvalue weighted by Crippen LogP contribution is -2.29. The molecule has 0 aliphatic rings. The molecule has 2 rings (SSSR count). The Morgan fingerprint density at radius 2 is 1.88 bits per heavy atom. The first-order valence-electron chi connectivity index (χ1n) is 7.48. The van der Waals surface area contributed by atoms with Crippen LogP contribution >= 0.6 is 11.6 Å². The number of carbonyl (C=O) groups excluding carboxylic acids is 1. The van der Waals surface area contributed by atoms with Crippen molar-refractivity contribution in [1.82, 2.24) is 5.32 Å². The Labute approximate surface area is 152 Å². The predicted molar refractivity (Wildman–Crippen MR) is 97.7 cm³/mol. The summed E-state index contributed by atoms with van der Waals surface area (Å²) in [6, 6.07) is 12.6. The van der Waals surface area contributed by atoms with Crippen molar-refractivity contribution in [3.63, 3.8) is 0 Å². The second-order valence-corrected chi connectivity index (χ2v) is 7.57. The van der Waals surface area contributed by atoms with E-state index in [9.17, 15) is 13.2 Å². The van der Waals surface area contributed by atoms with Gasteiger partial charge in [-0.3, -0.25) is 9.10 Å². The molecule has 0 fully saturated rings. The number of ether oxygens (including phenoxy) is 1.